The standard InChI is InChI=1S/C17H18N2O5S/c1-11-4-9-14(10-15(11)25(22,23)18-2)19-16(20)12-5-7-13(8-6-12)17(21)24-3/h4-10,18H,1-3H3,(H,19,20). The average molecular weight is 362 g/mol. The predicted octanol–water partition coefficient (Wildman–Crippen LogP) is 1.94. The van der Waals surface area contributed by atoms with Gasteiger partial charge in [-0.2, -0.15) is 0 Å². The highest BCUT2D eigenvalue weighted by molar-refractivity contribution is 7.89. The van der Waals surface area contributed by atoms with Crippen LogP contribution in [-0.2, 0) is 14.8 Å². The Bertz CT molecular complexity index is 905. The molecule has 0 aromatic heterocycles. The summed E-state index contributed by atoms with van der Waals surface area (Å²) in [6, 6.07) is 10.6. The van der Waals surface area contributed by atoms with E-state index in [9.17, 15) is 18.0 Å². The fourth-order valence-corrected chi connectivity index (χ4v) is 3.15. The number of hydrogen-bond donors (Lipinski definition) is 2. The molecule has 0 saturated carbocycles. The lowest BCUT2D eigenvalue weighted by Crippen LogP contribution is -2.20. The molecule has 132 valence electrons. The molecule has 0 saturated heterocycles. The molecule has 0 heterocycles. The van der Waals surface area contributed by atoms with E-state index < -0.39 is 21.9 Å². The van der Waals surface area contributed by atoms with Crippen LogP contribution in [0.4, 0.5) is 5.69 Å². The molecule has 0 spiro atoms. The van der Waals surface area contributed by atoms with Crippen molar-refractivity contribution in [2.45, 2.75) is 11.8 Å². The van der Waals surface area contributed by atoms with Gasteiger partial charge in [-0.05, 0) is 55.9 Å². The summed E-state index contributed by atoms with van der Waals surface area (Å²) < 4.78 is 30.8. The summed E-state index contributed by atoms with van der Waals surface area (Å²) in [4.78, 5) is 23.8. The molecule has 1 amide bonds. The zero-order chi connectivity index (χ0) is 18.6. The number of esters is 1. The third-order valence-electron chi connectivity index (χ3n) is 3.57. The van der Waals surface area contributed by atoms with Gasteiger partial charge in [0.15, 0.2) is 0 Å². The molecule has 2 aromatic rings. The lowest BCUT2D eigenvalue weighted by molar-refractivity contribution is 0.0600. The van der Waals surface area contributed by atoms with Gasteiger partial charge < -0.3 is 10.1 Å². The smallest absolute Gasteiger partial charge is 0.337 e. The molecular formula is C17H18N2O5S. The quantitative estimate of drug-likeness (QED) is 0.792. The van der Waals surface area contributed by atoms with Crippen molar-refractivity contribution in [3.8, 4) is 0 Å². The highest BCUT2D eigenvalue weighted by Gasteiger charge is 2.16. The Morgan fingerprint density at radius 3 is 2.16 bits per heavy atom. The Morgan fingerprint density at radius 2 is 1.60 bits per heavy atom. The molecule has 0 aliphatic heterocycles. The number of carbonyl (C=O) groups is 2. The van der Waals surface area contributed by atoms with Gasteiger partial charge in [-0.3, -0.25) is 4.79 Å². The maximum Gasteiger partial charge on any atom is 0.337 e. The molecule has 0 unspecified atom stereocenters. The highest BCUT2D eigenvalue weighted by atomic mass is 32.2. The number of sulfonamides is 1. The summed E-state index contributed by atoms with van der Waals surface area (Å²) >= 11 is 0. The number of benzene rings is 2. The predicted molar refractivity (Wildman–Crippen MR) is 93.2 cm³/mol. The maximum absolute atomic E-state index is 12.3. The van der Waals surface area contributed by atoms with E-state index in [4.69, 9.17) is 0 Å². The van der Waals surface area contributed by atoms with E-state index in [2.05, 4.69) is 14.8 Å². The molecule has 0 aliphatic rings. The molecule has 0 atom stereocenters. The zero-order valence-electron chi connectivity index (χ0n) is 14.0. The van der Waals surface area contributed by atoms with Crippen molar-refractivity contribution in [3.63, 3.8) is 0 Å². The van der Waals surface area contributed by atoms with Crippen LogP contribution >= 0.6 is 0 Å². The molecule has 25 heavy (non-hydrogen) atoms. The van der Waals surface area contributed by atoms with Crippen LogP contribution < -0.4 is 10.0 Å². The van der Waals surface area contributed by atoms with E-state index in [1.165, 1.54) is 44.5 Å². The van der Waals surface area contributed by atoms with E-state index in [0.29, 0.717) is 22.4 Å². The van der Waals surface area contributed by atoms with Gasteiger partial charge in [0.25, 0.3) is 5.91 Å². The summed E-state index contributed by atoms with van der Waals surface area (Å²) in [6.07, 6.45) is 0. The number of anilines is 1. The second-order valence-electron chi connectivity index (χ2n) is 5.21. The van der Waals surface area contributed by atoms with Gasteiger partial charge in [0, 0.05) is 11.3 Å². The topological polar surface area (TPSA) is 102 Å². The molecule has 8 heteroatoms. The first-order valence-corrected chi connectivity index (χ1v) is 8.80. The van der Waals surface area contributed by atoms with Gasteiger partial charge in [-0.15, -0.1) is 0 Å². The van der Waals surface area contributed by atoms with Crippen molar-refractivity contribution in [1.29, 1.82) is 0 Å². The second-order valence-corrected chi connectivity index (χ2v) is 7.07. The molecule has 0 aliphatic carbocycles. The second kappa shape index (κ2) is 7.45. The maximum atomic E-state index is 12.3. The monoisotopic (exact) mass is 362 g/mol. The normalized spacial score (nSPS) is 11.0. The fraction of sp³-hybridized carbons (Fsp3) is 0.176. The third-order valence-corrected chi connectivity index (χ3v) is 5.13. The van der Waals surface area contributed by atoms with Gasteiger partial charge >= 0.3 is 5.97 Å². The van der Waals surface area contributed by atoms with Gasteiger partial charge in [0.05, 0.1) is 17.6 Å². The zero-order valence-corrected chi connectivity index (χ0v) is 14.8. The number of ether oxygens (including phenoxy) is 1. The lowest BCUT2D eigenvalue weighted by Gasteiger charge is -2.10. The molecule has 2 N–H and O–H groups in total. The van der Waals surface area contributed by atoms with Gasteiger partial charge in [0.1, 0.15) is 0 Å². The van der Waals surface area contributed by atoms with Crippen molar-refractivity contribution < 1.29 is 22.7 Å². The van der Waals surface area contributed by atoms with E-state index in [-0.39, 0.29) is 4.90 Å². The number of methoxy groups -OCH3 is 1. The Kier molecular flexibility index (Phi) is 5.55. The summed E-state index contributed by atoms with van der Waals surface area (Å²) in [6.45, 7) is 1.67. The molecule has 2 aromatic carbocycles. The van der Waals surface area contributed by atoms with Crippen LogP contribution in [0.5, 0.6) is 0 Å². The molecule has 0 bridgehead atoms. The first-order valence-electron chi connectivity index (χ1n) is 7.32. The third kappa shape index (κ3) is 4.23. The molecular weight excluding hydrogens is 344 g/mol. The number of carbonyl (C=O) groups excluding carboxylic acids is 2. The summed E-state index contributed by atoms with van der Waals surface area (Å²) in [5.74, 6) is -0.916. The van der Waals surface area contributed by atoms with Crippen LogP contribution in [0.2, 0.25) is 0 Å². The van der Waals surface area contributed by atoms with Crippen LogP contribution in [0.15, 0.2) is 47.4 Å². The van der Waals surface area contributed by atoms with Gasteiger partial charge in [-0.25, -0.2) is 17.9 Å². The average Bonchev–Trinajstić information content (AvgIpc) is 2.62. The number of rotatable bonds is 5. The van der Waals surface area contributed by atoms with E-state index in [1.54, 1.807) is 19.1 Å². The van der Waals surface area contributed by atoms with Crippen LogP contribution in [0.1, 0.15) is 26.3 Å². The summed E-state index contributed by atoms with van der Waals surface area (Å²) in [5.41, 5.74) is 1.57. The van der Waals surface area contributed by atoms with E-state index >= 15 is 0 Å². The summed E-state index contributed by atoms with van der Waals surface area (Å²) in [5, 5.41) is 2.64. The molecule has 0 radical (unpaired) electrons. The Hall–Kier alpha value is -2.71. The van der Waals surface area contributed by atoms with Crippen molar-refractivity contribution in [3.05, 3.63) is 59.2 Å². The fourth-order valence-electron chi connectivity index (χ4n) is 2.16. The van der Waals surface area contributed by atoms with Crippen LogP contribution in [-0.4, -0.2) is 34.5 Å². The highest BCUT2D eigenvalue weighted by Crippen LogP contribution is 2.20. The number of nitrogens with one attached hydrogen (secondary N) is 2. The van der Waals surface area contributed by atoms with Crippen LogP contribution in [0.3, 0.4) is 0 Å². The number of aryl methyl sites for hydroxylation is 1. The summed E-state index contributed by atoms with van der Waals surface area (Å²) in [7, 11) is -1.03. The van der Waals surface area contributed by atoms with E-state index in [1.807, 2.05) is 0 Å². The lowest BCUT2D eigenvalue weighted by atomic mass is 10.1. The Morgan fingerprint density at radius 1 is 1.00 bits per heavy atom. The van der Waals surface area contributed by atoms with Gasteiger partial charge in [0.2, 0.25) is 10.0 Å². The van der Waals surface area contributed by atoms with Crippen molar-refractivity contribution >= 4 is 27.6 Å². The van der Waals surface area contributed by atoms with Crippen molar-refractivity contribution in [1.82, 2.24) is 4.72 Å². The SMILES string of the molecule is CNS(=O)(=O)c1cc(NC(=O)c2ccc(C(=O)OC)cc2)ccc1C. The molecule has 7 nitrogen and oxygen atoms in total. The number of hydrogen-bond acceptors (Lipinski definition) is 5. The number of amides is 1. The minimum absolute atomic E-state index is 0.0915. The minimum atomic E-state index is -3.62. The van der Waals surface area contributed by atoms with Crippen molar-refractivity contribution in [2.75, 3.05) is 19.5 Å². The largest absolute Gasteiger partial charge is 0.465 e. The first kappa shape index (κ1) is 18.6. The Balaban J connectivity index is 2.24. The minimum Gasteiger partial charge on any atom is -0.465 e. The van der Waals surface area contributed by atoms with Crippen LogP contribution in [0, 0.1) is 6.92 Å². The Labute approximate surface area is 146 Å². The van der Waals surface area contributed by atoms with Gasteiger partial charge in [-0.1, -0.05) is 6.07 Å². The van der Waals surface area contributed by atoms with Crippen LogP contribution in [0.25, 0.3) is 0 Å². The van der Waals surface area contributed by atoms with E-state index in [0.717, 1.165) is 0 Å². The van der Waals surface area contributed by atoms with Crippen molar-refractivity contribution in [2.24, 2.45) is 0 Å². The molecule has 2 rings (SSSR count). The first-order chi connectivity index (χ1) is 11.8. The molecule has 0 fully saturated rings.